The number of aliphatic imine (C=N–C) groups is 1. The first-order valence-electron chi connectivity index (χ1n) is 3.78. The van der Waals surface area contributed by atoms with Crippen LogP contribution in [0.1, 0.15) is 0 Å². The summed E-state index contributed by atoms with van der Waals surface area (Å²) in [5.74, 6) is 1.08. The van der Waals surface area contributed by atoms with Crippen molar-refractivity contribution in [2.24, 2.45) is 4.99 Å². The predicted molar refractivity (Wildman–Crippen MR) is 44.1 cm³/mol. The van der Waals surface area contributed by atoms with Crippen molar-refractivity contribution in [1.29, 1.82) is 0 Å². The zero-order chi connectivity index (χ0) is 7.68. The number of likely N-dealkylation sites (N-methyl/N-ethyl adjacent to an activating group) is 1. The minimum Gasteiger partial charge on any atom is -0.368 e. The van der Waals surface area contributed by atoms with Gasteiger partial charge < -0.3 is 10.2 Å². The fourth-order valence-corrected chi connectivity index (χ4v) is 1.37. The first-order chi connectivity index (χ1) is 5.38. The molecule has 60 valence electrons. The van der Waals surface area contributed by atoms with Crippen LogP contribution in [-0.4, -0.2) is 37.0 Å². The second-order valence-electron chi connectivity index (χ2n) is 2.80. The van der Waals surface area contributed by atoms with E-state index >= 15 is 0 Å². The molecule has 0 amide bonds. The van der Waals surface area contributed by atoms with Gasteiger partial charge in [-0.2, -0.15) is 0 Å². The van der Waals surface area contributed by atoms with Gasteiger partial charge in [-0.1, -0.05) is 0 Å². The van der Waals surface area contributed by atoms with Crippen molar-refractivity contribution in [3.63, 3.8) is 0 Å². The standard InChI is InChI=1S/C7H12N4/c1-11-3-2-9-7-6(11)4-8-5-10-7/h2-3,6,8H,4-5H2,1H3,(H,9,10). The van der Waals surface area contributed by atoms with E-state index in [-0.39, 0.29) is 0 Å². The summed E-state index contributed by atoms with van der Waals surface area (Å²) >= 11 is 0. The van der Waals surface area contributed by atoms with E-state index < -0.39 is 0 Å². The molecule has 0 aliphatic carbocycles. The van der Waals surface area contributed by atoms with E-state index in [4.69, 9.17) is 0 Å². The summed E-state index contributed by atoms with van der Waals surface area (Å²) in [7, 11) is 2.06. The molecule has 2 aliphatic rings. The van der Waals surface area contributed by atoms with Crippen molar-refractivity contribution in [2.45, 2.75) is 6.04 Å². The Hall–Kier alpha value is -1.03. The van der Waals surface area contributed by atoms with E-state index in [2.05, 4.69) is 27.6 Å². The molecule has 0 spiro atoms. The van der Waals surface area contributed by atoms with Crippen LogP contribution in [0, 0.1) is 0 Å². The number of nitrogens with zero attached hydrogens (tertiary/aromatic N) is 2. The van der Waals surface area contributed by atoms with Gasteiger partial charge in [0.25, 0.3) is 0 Å². The quantitative estimate of drug-likeness (QED) is 0.483. The number of hydrogen-bond acceptors (Lipinski definition) is 4. The highest BCUT2D eigenvalue weighted by atomic mass is 15.3. The second kappa shape index (κ2) is 2.54. The van der Waals surface area contributed by atoms with Crippen molar-refractivity contribution in [1.82, 2.24) is 15.5 Å². The average molecular weight is 152 g/mol. The largest absolute Gasteiger partial charge is 0.368 e. The minimum atomic E-state index is 0.397. The van der Waals surface area contributed by atoms with Crippen LogP contribution in [0.3, 0.4) is 0 Å². The molecule has 0 radical (unpaired) electrons. The molecule has 0 bridgehead atoms. The van der Waals surface area contributed by atoms with Crippen molar-refractivity contribution in [3.05, 3.63) is 12.4 Å². The number of amidine groups is 1. The van der Waals surface area contributed by atoms with Crippen LogP contribution < -0.4 is 10.6 Å². The summed E-state index contributed by atoms with van der Waals surface area (Å²) in [4.78, 5) is 6.46. The van der Waals surface area contributed by atoms with Crippen LogP contribution >= 0.6 is 0 Å². The highest BCUT2D eigenvalue weighted by Gasteiger charge is 2.23. The van der Waals surface area contributed by atoms with Crippen molar-refractivity contribution >= 4 is 5.84 Å². The molecule has 0 fully saturated rings. The summed E-state index contributed by atoms with van der Waals surface area (Å²) < 4.78 is 0. The molecule has 0 aromatic heterocycles. The molecule has 4 nitrogen and oxygen atoms in total. The number of fused-ring (bicyclic) bond motifs is 1. The lowest BCUT2D eigenvalue weighted by Gasteiger charge is -2.33. The minimum absolute atomic E-state index is 0.397. The monoisotopic (exact) mass is 152 g/mol. The van der Waals surface area contributed by atoms with Crippen LogP contribution in [0.2, 0.25) is 0 Å². The molecule has 2 heterocycles. The molecule has 1 unspecified atom stereocenters. The number of rotatable bonds is 0. The maximum atomic E-state index is 4.30. The Morgan fingerprint density at radius 1 is 1.73 bits per heavy atom. The lowest BCUT2D eigenvalue weighted by Crippen LogP contribution is -2.53. The molecule has 11 heavy (non-hydrogen) atoms. The maximum Gasteiger partial charge on any atom is 0.126 e. The molecule has 2 aliphatic heterocycles. The lowest BCUT2D eigenvalue weighted by atomic mass is 10.2. The van der Waals surface area contributed by atoms with Gasteiger partial charge in [-0.15, -0.1) is 0 Å². The van der Waals surface area contributed by atoms with Gasteiger partial charge in [0.05, 0.1) is 12.7 Å². The summed E-state index contributed by atoms with van der Waals surface area (Å²) in [6.45, 7) is 1.72. The summed E-state index contributed by atoms with van der Waals surface area (Å²) in [6.07, 6.45) is 3.94. The summed E-state index contributed by atoms with van der Waals surface area (Å²) in [6, 6.07) is 0.397. The van der Waals surface area contributed by atoms with Crippen LogP contribution in [0.25, 0.3) is 0 Å². The predicted octanol–water partition coefficient (Wildman–Crippen LogP) is -0.680. The fraction of sp³-hybridized carbons (Fsp3) is 0.571. The zero-order valence-corrected chi connectivity index (χ0v) is 6.54. The van der Waals surface area contributed by atoms with E-state index in [9.17, 15) is 0 Å². The van der Waals surface area contributed by atoms with Crippen LogP contribution in [-0.2, 0) is 0 Å². The first-order valence-corrected chi connectivity index (χ1v) is 3.78. The normalized spacial score (nSPS) is 29.0. The van der Waals surface area contributed by atoms with Crippen LogP contribution in [0.5, 0.6) is 0 Å². The summed E-state index contributed by atoms with van der Waals surface area (Å²) in [5.41, 5.74) is 0. The molecule has 0 saturated heterocycles. The van der Waals surface area contributed by atoms with E-state index in [0.717, 1.165) is 19.0 Å². The van der Waals surface area contributed by atoms with Crippen LogP contribution in [0.4, 0.5) is 0 Å². The van der Waals surface area contributed by atoms with Gasteiger partial charge in [0, 0.05) is 26.0 Å². The topological polar surface area (TPSA) is 39.7 Å². The van der Waals surface area contributed by atoms with Gasteiger partial charge in [-0.05, 0) is 0 Å². The average Bonchev–Trinajstić information content (AvgIpc) is 2.06. The third kappa shape index (κ3) is 1.09. The number of nitrogens with one attached hydrogen (secondary N) is 2. The van der Waals surface area contributed by atoms with E-state index in [1.54, 1.807) is 0 Å². The third-order valence-corrected chi connectivity index (χ3v) is 2.05. The second-order valence-corrected chi connectivity index (χ2v) is 2.80. The van der Waals surface area contributed by atoms with Gasteiger partial charge in [0.15, 0.2) is 0 Å². The van der Waals surface area contributed by atoms with Crippen molar-refractivity contribution in [2.75, 3.05) is 20.3 Å². The molecule has 0 aromatic carbocycles. The van der Waals surface area contributed by atoms with Gasteiger partial charge >= 0.3 is 0 Å². The first kappa shape index (κ1) is 6.67. The molecule has 1 atom stereocenters. The Balaban J connectivity index is 2.22. The highest BCUT2D eigenvalue weighted by molar-refractivity contribution is 5.89. The van der Waals surface area contributed by atoms with Gasteiger partial charge in [0.1, 0.15) is 5.84 Å². The lowest BCUT2D eigenvalue weighted by molar-refractivity contribution is 0.362. The Morgan fingerprint density at radius 2 is 2.64 bits per heavy atom. The van der Waals surface area contributed by atoms with E-state index in [1.807, 2.05) is 12.4 Å². The maximum absolute atomic E-state index is 4.30. The fourth-order valence-electron chi connectivity index (χ4n) is 1.37. The molecule has 4 heteroatoms. The molecular formula is C7H12N4. The molecule has 2 rings (SSSR count). The van der Waals surface area contributed by atoms with Gasteiger partial charge in [0.2, 0.25) is 0 Å². The molecule has 0 aromatic rings. The Labute approximate surface area is 66.0 Å². The van der Waals surface area contributed by atoms with Crippen LogP contribution in [0.15, 0.2) is 17.4 Å². The Bertz CT molecular complexity index is 208. The Morgan fingerprint density at radius 3 is 3.45 bits per heavy atom. The SMILES string of the molecule is CN1C=CNC2=NCNCC21. The van der Waals surface area contributed by atoms with E-state index in [0.29, 0.717) is 6.04 Å². The van der Waals surface area contributed by atoms with E-state index in [1.165, 1.54) is 0 Å². The third-order valence-electron chi connectivity index (χ3n) is 2.05. The zero-order valence-electron chi connectivity index (χ0n) is 6.54. The van der Waals surface area contributed by atoms with Gasteiger partial charge in [-0.3, -0.25) is 10.3 Å². The summed E-state index contributed by atoms with van der Waals surface area (Å²) in [5, 5.41) is 6.35. The highest BCUT2D eigenvalue weighted by Crippen LogP contribution is 2.05. The number of hydrogen-bond donors (Lipinski definition) is 2. The smallest absolute Gasteiger partial charge is 0.126 e. The Kier molecular flexibility index (Phi) is 1.54. The molecule has 2 N–H and O–H groups in total. The molecular weight excluding hydrogens is 140 g/mol. The van der Waals surface area contributed by atoms with Crippen molar-refractivity contribution < 1.29 is 0 Å². The van der Waals surface area contributed by atoms with Crippen molar-refractivity contribution in [3.8, 4) is 0 Å². The van der Waals surface area contributed by atoms with Gasteiger partial charge in [-0.25, -0.2) is 0 Å². The molecule has 0 saturated carbocycles.